The van der Waals surface area contributed by atoms with Gasteiger partial charge >= 0.3 is 6.18 Å². The number of ether oxygens (including phenoxy) is 1. The van der Waals surface area contributed by atoms with E-state index in [1.54, 1.807) is 0 Å². The Labute approximate surface area is 138 Å². The van der Waals surface area contributed by atoms with Crippen LogP contribution in [0.5, 0.6) is 5.75 Å². The zero-order chi connectivity index (χ0) is 18.0. The molecule has 5 nitrogen and oxygen atoms in total. The Morgan fingerprint density at radius 3 is 2.38 bits per heavy atom. The summed E-state index contributed by atoms with van der Waals surface area (Å²) in [5.41, 5.74) is 0.375. The summed E-state index contributed by atoms with van der Waals surface area (Å²) >= 11 is 0. The second-order valence-corrected chi connectivity index (χ2v) is 8.10. The number of alkyl halides is 3. The molecule has 1 fully saturated rings. The lowest BCUT2D eigenvalue weighted by Gasteiger charge is -2.13. The number of benzene rings is 1. The van der Waals surface area contributed by atoms with E-state index in [0.717, 1.165) is 12.8 Å². The van der Waals surface area contributed by atoms with Crippen LogP contribution >= 0.6 is 0 Å². The summed E-state index contributed by atoms with van der Waals surface area (Å²) in [4.78, 5) is 11.8. The summed E-state index contributed by atoms with van der Waals surface area (Å²) in [6.45, 7) is -0.0864. The van der Waals surface area contributed by atoms with Crippen molar-refractivity contribution in [2.24, 2.45) is 0 Å². The van der Waals surface area contributed by atoms with E-state index in [9.17, 15) is 26.4 Å². The fourth-order valence-electron chi connectivity index (χ4n) is 1.91. The van der Waals surface area contributed by atoms with Gasteiger partial charge < -0.3 is 10.1 Å². The van der Waals surface area contributed by atoms with E-state index in [2.05, 4.69) is 10.1 Å². The van der Waals surface area contributed by atoms with Gasteiger partial charge in [0.05, 0.1) is 5.75 Å². The maximum Gasteiger partial charge on any atom is 0.422 e. The van der Waals surface area contributed by atoms with Crippen LogP contribution in [0, 0.1) is 0 Å². The fraction of sp³-hybridized carbons (Fsp3) is 0.533. The lowest BCUT2D eigenvalue weighted by atomic mass is 10.2. The molecule has 0 spiro atoms. The average Bonchev–Trinajstić information content (AvgIpc) is 3.28. The summed E-state index contributed by atoms with van der Waals surface area (Å²) in [5, 5.41) is 1.46. The zero-order valence-corrected chi connectivity index (χ0v) is 13.8. The Balaban J connectivity index is 1.94. The minimum Gasteiger partial charge on any atom is -0.484 e. The summed E-state index contributed by atoms with van der Waals surface area (Å²) in [6, 6.07) is 5.35. The maximum atomic E-state index is 12.2. The van der Waals surface area contributed by atoms with Crippen LogP contribution in [0.3, 0.4) is 0 Å². The quantitative estimate of drug-likeness (QED) is 0.804. The van der Waals surface area contributed by atoms with Crippen LogP contribution in [-0.4, -0.2) is 38.4 Å². The van der Waals surface area contributed by atoms with E-state index < -0.39 is 33.8 Å². The summed E-state index contributed by atoms with van der Waals surface area (Å²) < 4.78 is 65.2. The molecule has 1 unspecified atom stereocenters. The maximum absolute atomic E-state index is 12.2. The van der Waals surface area contributed by atoms with Crippen molar-refractivity contribution in [1.82, 2.24) is 5.32 Å². The summed E-state index contributed by atoms with van der Waals surface area (Å²) in [7, 11) is -3.71. The fourth-order valence-corrected chi connectivity index (χ4v) is 3.21. The molecule has 0 bridgehead atoms. The third-order valence-corrected chi connectivity index (χ3v) is 5.55. The van der Waals surface area contributed by atoms with Gasteiger partial charge in [-0.05, 0) is 37.5 Å². The van der Waals surface area contributed by atoms with Gasteiger partial charge in [-0.2, -0.15) is 13.2 Å². The Hall–Kier alpha value is -1.77. The van der Waals surface area contributed by atoms with Crippen molar-refractivity contribution in [3.8, 4) is 5.75 Å². The number of carbonyl (C=O) groups excluding carboxylic acids is 1. The van der Waals surface area contributed by atoms with Crippen molar-refractivity contribution in [2.75, 3.05) is 6.61 Å². The van der Waals surface area contributed by atoms with Crippen molar-refractivity contribution in [3.05, 3.63) is 29.8 Å². The molecule has 2 rings (SSSR count). The second-order valence-electron chi connectivity index (χ2n) is 5.78. The molecule has 134 valence electrons. The molecule has 1 amide bonds. The van der Waals surface area contributed by atoms with Crippen LogP contribution in [0.15, 0.2) is 24.3 Å². The predicted molar refractivity (Wildman–Crippen MR) is 81.2 cm³/mol. The van der Waals surface area contributed by atoms with Crippen molar-refractivity contribution in [2.45, 2.75) is 43.0 Å². The molecule has 1 atom stereocenters. The average molecular weight is 365 g/mol. The molecule has 1 aromatic carbocycles. The SMILES string of the molecule is CC(C(=O)NC1CC1)S(=O)(=O)Cc1ccc(OCC(F)(F)F)cc1. The van der Waals surface area contributed by atoms with Gasteiger partial charge in [0.1, 0.15) is 11.0 Å². The van der Waals surface area contributed by atoms with Crippen LogP contribution in [-0.2, 0) is 20.4 Å². The summed E-state index contributed by atoms with van der Waals surface area (Å²) in [6.07, 6.45) is -2.72. The standard InChI is InChI=1S/C15H18F3NO4S/c1-10(14(20)19-12-4-5-12)24(21,22)8-11-2-6-13(7-3-11)23-9-15(16,17)18/h2-3,6-7,10,12H,4-5,8-9H2,1H3,(H,19,20). The highest BCUT2D eigenvalue weighted by Gasteiger charge is 2.32. The third-order valence-electron chi connectivity index (χ3n) is 3.53. The molecule has 0 saturated heterocycles. The van der Waals surface area contributed by atoms with Crippen LogP contribution in [0.4, 0.5) is 13.2 Å². The van der Waals surface area contributed by atoms with Gasteiger partial charge in [-0.1, -0.05) is 12.1 Å². The molecule has 1 aromatic rings. The molecular weight excluding hydrogens is 347 g/mol. The Kier molecular flexibility index (Phi) is 5.42. The van der Waals surface area contributed by atoms with Gasteiger partial charge in [0.15, 0.2) is 16.4 Å². The molecular formula is C15H18F3NO4S. The number of hydrogen-bond acceptors (Lipinski definition) is 4. The first-order valence-electron chi connectivity index (χ1n) is 7.37. The first kappa shape index (κ1) is 18.6. The van der Waals surface area contributed by atoms with Crippen molar-refractivity contribution in [3.63, 3.8) is 0 Å². The van der Waals surface area contributed by atoms with Gasteiger partial charge in [-0.25, -0.2) is 8.42 Å². The molecule has 24 heavy (non-hydrogen) atoms. The Bertz CT molecular complexity index is 682. The first-order chi connectivity index (χ1) is 11.1. The van der Waals surface area contributed by atoms with E-state index in [1.165, 1.54) is 31.2 Å². The molecule has 0 aromatic heterocycles. The van der Waals surface area contributed by atoms with Crippen LogP contribution < -0.4 is 10.1 Å². The highest BCUT2D eigenvalue weighted by atomic mass is 32.2. The molecule has 1 aliphatic rings. The van der Waals surface area contributed by atoms with Crippen molar-refractivity contribution >= 4 is 15.7 Å². The molecule has 0 heterocycles. The number of nitrogens with one attached hydrogen (secondary N) is 1. The molecule has 9 heteroatoms. The van der Waals surface area contributed by atoms with E-state index in [4.69, 9.17) is 0 Å². The number of amides is 1. The molecule has 1 saturated carbocycles. The largest absolute Gasteiger partial charge is 0.484 e. The Morgan fingerprint density at radius 2 is 1.88 bits per heavy atom. The lowest BCUT2D eigenvalue weighted by molar-refractivity contribution is -0.153. The second kappa shape index (κ2) is 7.00. The van der Waals surface area contributed by atoms with Gasteiger partial charge in [0.2, 0.25) is 5.91 Å². The Morgan fingerprint density at radius 1 is 1.29 bits per heavy atom. The summed E-state index contributed by atoms with van der Waals surface area (Å²) in [5.74, 6) is -0.901. The van der Waals surface area contributed by atoms with Gasteiger partial charge in [-0.15, -0.1) is 0 Å². The lowest BCUT2D eigenvalue weighted by Crippen LogP contribution is -2.39. The van der Waals surface area contributed by atoms with E-state index >= 15 is 0 Å². The van der Waals surface area contributed by atoms with Crippen LogP contribution in [0.1, 0.15) is 25.3 Å². The van der Waals surface area contributed by atoms with E-state index in [-0.39, 0.29) is 17.5 Å². The minimum absolute atomic E-state index is 0.00648. The molecule has 1 N–H and O–H groups in total. The topological polar surface area (TPSA) is 72.5 Å². The number of hydrogen-bond donors (Lipinski definition) is 1. The number of sulfone groups is 1. The molecule has 1 aliphatic carbocycles. The number of rotatable bonds is 7. The minimum atomic E-state index is -4.44. The molecule has 0 radical (unpaired) electrons. The van der Waals surface area contributed by atoms with Crippen LogP contribution in [0.2, 0.25) is 0 Å². The van der Waals surface area contributed by atoms with Crippen LogP contribution in [0.25, 0.3) is 0 Å². The van der Waals surface area contributed by atoms with Gasteiger partial charge in [0.25, 0.3) is 0 Å². The van der Waals surface area contributed by atoms with E-state index in [0.29, 0.717) is 5.56 Å². The number of halogens is 3. The highest BCUT2D eigenvalue weighted by Crippen LogP contribution is 2.21. The van der Waals surface area contributed by atoms with Gasteiger partial charge in [0, 0.05) is 6.04 Å². The van der Waals surface area contributed by atoms with Crippen molar-refractivity contribution < 1.29 is 31.1 Å². The van der Waals surface area contributed by atoms with Gasteiger partial charge in [-0.3, -0.25) is 4.79 Å². The van der Waals surface area contributed by atoms with Crippen molar-refractivity contribution in [1.29, 1.82) is 0 Å². The predicted octanol–water partition coefficient (Wildman–Crippen LogP) is 2.21. The normalized spacial score (nSPS) is 16.5. The molecule has 0 aliphatic heterocycles. The third kappa shape index (κ3) is 5.70. The number of carbonyl (C=O) groups is 1. The zero-order valence-electron chi connectivity index (χ0n) is 13.0. The highest BCUT2D eigenvalue weighted by molar-refractivity contribution is 7.92. The monoisotopic (exact) mass is 365 g/mol. The van der Waals surface area contributed by atoms with E-state index in [1.807, 2.05) is 0 Å². The smallest absolute Gasteiger partial charge is 0.422 e. The first-order valence-corrected chi connectivity index (χ1v) is 9.09.